The Bertz CT molecular complexity index is 336. The standard InChI is InChI=1S/C11H13IN2/c12-11-4-1-7(6-13-11)9-5-8-2-3-10(9)14-8/h1,4,6,8-10,14H,2-3,5H2/t8-,9+,10+/m0/s1. The quantitative estimate of drug-likeness (QED) is 0.636. The van der Waals surface area contributed by atoms with Crippen LogP contribution in [0.5, 0.6) is 0 Å². The summed E-state index contributed by atoms with van der Waals surface area (Å²) in [6, 6.07) is 5.86. The van der Waals surface area contributed by atoms with Gasteiger partial charge in [0.1, 0.15) is 3.70 Å². The maximum absolute atomic E-state index is 4.37. The summed E-state index contributed by atoms with van der Waals surface area (Å²) in [5.41, 5.74) is 1.42. The van der Waals surface area contributed by atoms with Gasteiger partial charge in [0, 0.05) is 24.2 Å². The fraction of sp³-hybridized carbons (Fsp3) is 0.545. The lowest BCUT2D eigenvalue weighted by atomic mass is 9.85. The first-order valence-corrected chi connectivity index (χ1v) is 6.28. The molecule has 2 fully saturated rings. The van der Waals surface area contributed by atoms with Gasteiger partial charge in [-0.15, -0.1) is 0 Å². The zero-order chi connectivity index (χ0) is 9.54. The molecule has 3 heterocycles. The van der Waals surface area contributed by atoms with Crippen LogP contribution in [0.15, 0.2) is 18.3 Å². The molecule has 2 bridgehead atoms. The van der Waals surface area contributed by atoms with E-state index in [1.807, 2.05) is 0 Å². The van der Waals surface area contributed by atoms with E-state index in [2.05, 4.69) is 51.2 Å². The van der Waals surface area contributed by atoms with Crippen LogP contribution in [-0.2, 0) is 0 Å². The minimum absolute atomic E-state index is 0.721. The molecule has 3 atom stereocenters. The number of fused-ring (bicyclic) bond motifs is 2. The van der Waals surface area contributed by atoms with Crippen molar-refractivity contribution < 1.29 is 0 Å². The van der Waals surface area contributed by atoms with Crippen molar-refractivity contribution in [2.45, 2.75) is 37.3 Å². The van der Waals surface area contributed by atoms with Crippen molar-refractivity contribution in [1.82, 2.24) is 10.3 Å². The highest BCUT2D eigenvalue weighted by molar-refractivity contribution is 14.1. The summed E-state index contributed by atoms with van der Waals surface area (Å²) in [7, 11) is 0. The lowest BCUT2D eigenvalue weighted by Crippen LogP contribution is -2.21. The molecule has 1 N–H and O–H groups in total. The maximum atomic E-state index is 4.37. The normalized spacial score (nSPS) is 35.1. The van der Waals surface area contributed by atoms with Gasteiger partial charge in [-0.25, -0.2) is 0 Å². The maximum Gasteiger partial charge on any atom is 0.101 e. The van der Waals surface area contributed by atoms with E-state index in [0.717, 1.165) is 21.7 Å². The van der Waals surface area contributed by atoms with E-state index in [1.165, 1.54) is 24.8 Å². The number of rotatable bonds is 1. The average Bonchev–Trinajstić information content (AvgIpc) is 2.80. The van der Waals surface area contributed by atoms with Gasteiger partial charge in [-0.3, -0.25) is 4.98 Å². The molecule has 2 nitrogen and oxygen atoms in total. The van der Waals surface area contributed by atoms with Crippen LogP contribution in [0.3, 0.4) is 0 Å². The molecule has 1 aromatic rings. The predicted molar refractivity (Wildman–Crippen MR) is 64.3 cm³/mol. The summed E-state index contributed by atoms with van der Waals surface area (Å²) in [6.07, 6.45) is 6.09. The van der Waals surface area contributed by atoms with Crippen molar-refractivity contribution in [3.63, 3.8) is 0 Å². The lowest BCUT2D eigenvalue weighted by Gasteiger charge is -2.19. The van der Waals surface area contributed by atoms with Gasteiger partial charge in [0.2, 0.25) is 0 Å². The molecular formula is C11H13IN2. The smallest absolute Gasteiger partial charge is 0.101 e. The number of hydrogen-bond donors (Lipinski definition) is 1. The number of nitrogens with zero attached hydrogens (tertiary/aromatic N) is 1. The van der Waals surface area contributed by atoms with Crippen LogP contribution in [0.25, 0.3) is 0 Å². The molecule has 0 aromatic carbocycles. The van der Waals surface area contributed by atoms with E-state index in [4.69, 9.17) is 0 Å². The van der Waals surface area contributed by atoms with Crippen molar-refractivity contribution in [2.24, 2.45) is 0 Å². The predicted octanol–water partition coefficient (Wildman–Crippen LogP) is 2.29. The topological polar surface area (TPSA) is 24.9 Å². The molecule has 3 rings (SSSR count). The Morgan fingerprint density at radius 3 is 2.86 bits per heavy atom. The fourth-order valence-corrected chi connectivity index (χ4v) is 3.12. The highest BCUT2D eigenvalue weighted by Gasteiger charge is 2.39. The van der Waals surface area contributed by atoms with Gasteiger partial charge < -0.3 is 5.32 Å². The monoisotopic (exact) mass is 300 g/mol. The summed E-state index contributed by atoms with van der Waals surface area (Å²) in [4.78, 5) is 4.37. The van der Waals surface area contributed by atoms with E-state index in [0.29, 0.717) is 0 Å². The van der Waals surface area contributed by atoms with Gasteiger partial charge in [-0.05, 0) is 53.5 Å². The van der Waals surface area contributed by atoms with E-state index < -0.39 is 0 Å². The third kappa shape index (κ3) is 1.46. The van der Waals surface area contributed by atoms with Crippen LogP contribution >= 0.6 is 22.6 Å². The van der Waals surface area contributed by atoms with Crippen LogP contribution < -0.4 is 5.32 Å². The minimum atomic E-state index is 0.721. The van der Waals surface area contributed by atoms with Crippen LogP contribution in [0.4, 0.5) is 0 Å². The summed E-state index contributed by atoms with van der Waals surface area (Å²) in [5, 5.41) is 3.66. The number of halogens is 1. The molecule has 3 heteroatoms. The second-order valence-electron chi connectivity index (χ2n) is 4.30. The first-order valence-electron chi connectivity index (χ1n) is 5.20. The Hall–Kier alpha value is -0.160. The minimum Gasteiger partial charge on any atom is -0.311 e. The highest BCUT2D eigenvalue weighted by atomic mass is 127. The molecule has 0 amide bonds. The summed E-state index contributed by atoms with van der Waals surface area (Å²) < 4.78 is 1.09. The molecule has 0 unspecified atom stereocenters. The summed E-state index contributed by atoms with van der Waals surface area (Å²) in [5.74, 6) is 0.721. The van der Waals surface area contributed by atoms with Gasteiger partial charge in [0.05, 0.1) is 0 Å². The second kappa shape index (κ2) is 3.45. The third-order valence-corrected chi connectivity index (χ3v) is 4.12. The molecule has 0 radical (unpaired) electrons. The van der Waals surface area contributed by atoms with Gasteiger partial charge in [0.15, 0.2) is 0 Å². The first-order chi connectivity index (χ1) is 6.83. The van der Waals surface area contributed by atoms with Gasteiger partial charge in [0.25, 0.3) is 0 Å². The number of hydrogen-bond acceptors (Lipinski definition) is 2. The Balaban J connectivity index is 1.86. The Kier molecular flexibility index (Phi) is 2.24. The number of nitrogens with one attached hydrogen (secondary N) is 1. The molecule has 14 heavy (non-hydrogen) atoms. The van der Waals surface area contributed by atoms with Crippen molar-refractivity contribution in [2.75, 3.05) is 0 Å². The van der Waals surface area contributed by atoms with E-state index in [1.54, 1.807) is 0 Å². The van der Waals surface area contributed by atoms with Crippen molar-refractivity contribution in [3.8, 4) is 0 Å². The molecule has 1 aromatic heterocycles. The zero-order valence-corrected chi connectivity index (χ0v) is 10.1. The van der Waals surface area contributed by atoms with Crippen LogP contribution in [-0.4, -0.2) is 17.1 Å². The third-order valence-electron chi connectivity index (χ3n) is 3.48. The largest absolute Gasteiger partial charge is 0.311 e. The Morgan fingerprint density at radius 2 is 2.29 bits per heavy atom. The lowest BCUT2D eigenvalue weighted by molar-refractivity contribution is 0.505. The van der Waals surface area contributed by atoms with Crippen molar-refractivity contribution in [1.29, 1.82) is 0 Å². The Morgan fingerprint density at radius 1 is 1.36 bits per heavy atom. The summed E-state index contributed by atoms with van der Waals surface area (Å²) in [6.45, 7) is 0. The molecule has 0 spiro atoms. The van der Waals surface area contributed by atoms with E-state index in [-0.39, 0.29) is 0 Å². The summed E-state index contributed by atoms with van der Waals surface area (Å²) >= 11 is 2.26. The van der Waals surface area contributed by atoms with E-state index in [9.17, 15) is 0 Å². The van der Waals surface area contributed by atoms with Gasteiger partial charge in [-0.1, -0.05) is 6.07 Å². The average molecular weight is 300 g/mol. The van der Waals surface area contributed by atoms with Crippen LogP contribution in [0.2, 0.25) is 0 Å². The van der Waals surface area contributed by atoms with Crippen LogP contribution in [0.1, 0.15) is 30.7 Å². The Labute approximate surface area is 97.6 Å². The first kappa shape index (κ1) is 9.09. The van der Waals surface area contributed by atoms with Crippen LogP contribution in [0, 0.1) is 3.70 Å². The molecule has 0 aliphatic carbocycles. The van der Waals surface area contributed by atoms with Gasteiger partial charge in [-0.2, -0.15) is 0 Å². The molecule has 0 saturated carbocycles. The molecule has 2 aliphatic rings. The van der Waals surface area contributed by atoms with E-state index >= 15 is 0 Å². The van der Waals surface area contributed by atoms with Gasteiger partial charge >= 0.3 is 0 Å². The number of pyridine rings is 1. The van der Waals surface area contributed by atoms with Crippen molar-refractivity contribution in [3.05, 3.63) is 27.6 Å². The zero-order valence-electron chi connectivity index (χ0n) is 7.91. The molecule has 2 aliphatic heterocycles. The highest BCUT2D eigenvalue weighted by Crippen LogP contribution is 2.39. The second-order valence-corrected chi connectivity index (χ2v) is 5.41. The fourth-order valence-electron chi connectivity index (χ4n) is 2.80. The van der Waals surface area contributed by atoms with Crippen molar-refractivity contribution >= 4 is 22.6 Å². The molecule has 74 valence electrons. The SMILES string of the molecule is Ic1ccc([C@H]2C[C@@H]3CC[C@H]2N3)cn1. The number of aromatic nitrogens is 1. The molecular weight excluding hydrogens is 287 g/mol. The molecule has 2 saturated heterocycles.